The van der Waals surface area contributed by atoms with Gasteiger partial charge in [-0.3, -0.25) is 0 Å². The maximum atomic E-state index is 11.4. The van der Waals surface area contributed by atoms with Crippen LogP contribution in [-0.4, -0.2) is 12.6 Å². The van der Waals surface area contributed by atoms with Crippen molar-refractivity contribution in [3.05, 3.63) is 53.6 Å². The van der Waals surface area contributed by atoms with Crippen molar-refractivity contribution in [2.75, 3.05) is 6.61 Å². The summed E-state index contributed by atoms with van der Waals surface area (Å²) in [5.41, 5.74) is 2.32. The van der Waals surface area contributed by atoms with Crippen LogP contribution in [0, 0.1) is 0 Å². The number of ether oxygens (including phenoxy) is 1. The molecule has 2 nitrogen and oxygen atoms in total. The van der Waals surface area contributed by atoms with E-state index in [9.17, 15) is 4.79 Å². The first-order valence-electron chi connectivity index (χ1n) is 7.36. The maximum absolute atomic E-state index is 11.4. The van der Waals surface area contributed by atoms with Crippen LogP contribution in [0.5, 0.6) is 0 Å². The Morgan fingerprint density at radius 2 is 1.85 bits per heavy atom. The smallest absolute Gasteiger partial charge is 0.330 e. The van der Waals surface area contributed by atoms with Crippen LogP contribution in [0.2, 0.25) is 0 Å². The minimum atomic E-state index is -0.276. The zero-order valence-electron chi connectivity index (χ0n) is 12.5. The van der Waals surface area contributed by atoms with Gasteiger partial charge in [0, 0.05) is 6.08 Å². The van der Waals surface area contributed by atoms with Gasteiger partial charge in [-0.15, -0.1) is 0 Å². The van der Waals surface area contributed by atoms with Crippen molar-refractivity contribution in [1.82, 2.24) is 0 Å². The zero-order valence-corrected chi connectivity index (χ0v) is 12.5. The van der Waals surface area contributed by atoms with E-state index < -0.39 is 0 Å². The molecule has 0 saturated carbocycles. The third kappa shape index (κ3) is 6.93. The van der Waals surface area contributed by atoms with E-state index in [0.29, 0.717) is 6.61 Å². The van der Waals surface area contributed by atoms with Gasteiger partial charge < -0.3 is 4.74 Å². The summed E-state index contributed by atoms with van der Waals surface area (Å²) in [6.45, 7) is 4.42. The normalized spacial score (nSPS) is 11.8. The first-order valence-corrected chi connectivity index (χ1v) is 7.36. The van der Waals surface area contributed by atoms with E-state index in [1.165, 1.54) is 18.9 Å². The minimum absolute atomic E-state index is 0.276. The van der Waals surface area contributed by atoms with E-state index in [1.54, 1.807) is 0 Å². The molecule has 2 heteroatoms. The molecule has 0 aliphatic heterocycles. The lowest BCUT2D eigenvalue weighted by Crippen LogP contribution is -1.99. The number of allylic oxidation sites excluding steroid dienone is 2. The number of hydrogen-bond acceptors (Lipinski definition) is 2. The molecular formula is C18H24O2. The van der Waals surface area contributed by atoms with Crippen LogP contribution in [0.15, 0.2) is 48.1 Å². The lowest BCUT2D eigenvalue weighted by Gasteiger charge is -2.03. The van der Waals surface area contributed by atoms with Crippen LogP contribution in [0.4, 0.5) is 0 Å². The van der Waals surface area contributed by atoms with E-state index in [-0.39, 0.29) is 5.97 Å². The Labute approximate surface area is 122 Å². The second-order valence-electron chi connectivity index (χ2n) is 4.67. The summed E-state index contributed by atoms with van der Waals surface area (Å²) in [7, 11) is 0. The second kappa shape index (κ2) is 10.0. The van der Waals surface area contributed by atoms with E-state index in [2.05, 4.69) is 25.1 Å². The number of rotatable bonds is 8. The average Bonchev–Trinajstić information content (AvgIpc) is 2.46. The van der Waals surface area contributed by atoms with Crippen LogP contribution in [0.1, 0.15) is 45.1 Å². The van der Waals surface area contributed by atoms with Gasteiger partial charge in [0.25, 0.3) is 0 Å². The summed E-state index contributed by atoms with van der Waals surface area (Å²) in [6.07, 6.45) is 10.1. The molecule has 0 atom stereocenters. The highest BCUT2D eigenvalue weighted by atomic mass is 16.5. The summed E-state index contributed by atoms with van der Waals surface area (Å²) >= 11 is 0. The molecule has 0 fully saturated rings. The van der Waals surface area contributed by atoms with Crippen molar-refractivity contribution in [1.29, 1.82) is 0 Å². The van der Waals surface area contributed by atoms with E-state index in [0.717, 1.165) is 24.0 Å². The van der Waals surface area contributed by atoms with Crippen molar-refractivity contribution in [2.45, 2.75) is 39.5 Å². The Hall–Kier alpha value is -1.83. The lowest BCUT2D eigenvalue weighted by molar-refractivity contribution is -0.137. The highest BCUT2D eigenvalue weighted by molar-refractivity contribution is 5.82. The first kappa shape index (κ1) is 16.2. The van der Waals surface area contributed by atoms with E-state index in [4.69, 9.17) is 4.74 Å². The molecule has 0 aliphatic carbocycles. The molecule has 20 heavy (non-hydrogen) atoms. The molecular weight excluding hydrogens is 248 g/mol. The van der Waals surface area contributed by atoms with Crippen LogP contribution in [-0.2, 0) is 9.53 Å². The molecule has 0 saturated heterocycles. The summed E-state index contributed by atoms with van der Waals surface area (Å²) in [6, 6.07) is 10.2. The number of hydrogen-bond donors (Lipinski definition) is 0. The Morgan fingerprint density at radius 3 is 2.50 bits per heavy atom. The first-order chi connectivity index (χ1) is 9.76. The molecule has 1 aromatic rings. The van der Waals surface area contributed by atoms with Gasteiger partial charge in [0.15, 0.2) is 0 Å². The van der Waals surface area contributed by atoms with E-state index >= 15 is 0 Å². The highest BCUT2D eigenvalue weighted by Gasteiger charge is 1.98. The third-order valence-electron chi connectivity index (χ3n) is 2.94. The maximum Gasteiger partial charge on any atom is 0.330 e. The van der Waals surface area contributed by atoms with Crippen molar-refractivity contribution in [3.63, 3.8) is 0 Å². The molecule has 0 spiro atoms. The molecule has 108 valence electrons. The molecule has 0 aliphatic rings. The molecule has 0 heterocycles. The summed E-state index contributed by atoms with van der Waals surface area (Å²) in [4.78, 5) is 11.4. The Kier molecular flexibility index (Phi) is 8.13. The SMILES string of the molecule is CCCCCC(/C=C/C(=O)OCC)=C\c1ccccc1. The van der Waals surface area contributed by atoms with Gasteiger partial charge in [-0.2, -0.15) is 0 Å². The molecule has 0 aromatic heterocycles. The van der Waals surface area contributed by atoms with Gasteiger partial charge in [-0.25, -0.2) is 4.79 Å². The largest absolute Gasteiger partial charge is 0.463 e. The number of carbonyl (C=O) groups excluding carboxylic acids is 1. The Balaban J connectivity index is 2.74. The molecule has 1 rings (SSSR count). The molecule has 0 radical (unpaired) electrons. The summed E-state index contributed by atoms with van der Waals surface area (Å²) in [5.74, 6) is -0.276. The van der Waals surface area contributed by atoms with E-state index in [1.807, 2.05) is 31.2 Å². The van der Waals surface area contributed by atoms with Crippen molar-refractivity contribution in [2.24, 2.45) is 0 Å². The number of benzene rings is 1. The van der Waals surface area contributed by atoms with Crippen LogP contribution < -0.4 is 0 Å². The fraction of sp³-hybridized carbons (Fsp3) is 0.389. The average molecular weight is 272 g/mol. The third-order valence-corrected chi connectivity index (χ3v) is 2.94. The minimum Gasteiger partial charge on any atom is -0.463 e. The highest BCUT2D eigenvalue weighted by Crippen LogP contribution is 2.15. The predicted octanol–water partition coefficient (Wildman–Crippen LogP) is 4.77. The van der Waals surface area contributed by atoms with Gasteiger partial charge in [0.1, 0.15) is 0 Å². The fourth-order valence-electron chi connectivity index (χ4n) is 1.91. The quantitative estimate of drug-likeness (QED) is 0.295. The predicted molar refractivity (Wildman–Crippen MR) is 84.3 cm³/mol. The Bertz CT molecular complexity index is 444. The van der Waals surface area contributed by atoms with Gasteiger partial charge in [0.2, 0.25) is 0 Å². The van der Waals surface area contributed by atoms with Crippen molar-refractivity contribution < 1.29 is 9.53 Å². The number of carbonyl (C=O) groups is 1. The zero-order chi connectivity index (χ0) is 14.6. The Morgan fingerprint density at radius 1 is 1.10 bits per heavy atom. The van der Waals surface area contributed by atoms with Gasteiger partial charge >= 0.3 is 5.97 Å². The van der Waals surface area contributed by atoms with Gasteiger partial charge in [0.05, 0.1) is 6.61 Å². The second-order valence-corrected chi connectivity index (χ2v) is 4.67. The fourth-order valence-corrected chi connectivity index (χ4v) is 1.91. The number of esters is 1. The molecule has 0 unspecified atom stereocenters. The van der Waals surface area contributed by atoms with Crippen molar-refractivity contribution in [3.8, 4) is 0 Å². The molecule has 0 amide bonds. The topological polar surface area (TPSA) is 26.3 Å². The van der Waals surface area contributed by atoms with Gasteiger partial charge in [-0.05, 0) is 30.9 Å². The van der Waals surface area contributed by atoms with Crippen molar-refractivity contribution >= 4 is 12.0 Å². The van der Waals surface area contributed by atoms with Crippen LogP contribution >= 0.6 is 0 Å². The van der Waals surface area contributed by atoms with Gasteiger partial charge in [-0.1, -0.05) is 62.2 Å². The van der Waals surface area contributed by atoms with Crippen LogP contribution in [0.3, 0.4) is 0 Å². The van der Waals surface area contributed by atoms with Crippen LogP contribution in [0.25, 0.3) is 6.08 Å². The summed E-state index contributed by atoms with van der Waals surface area (Å²) in [5, 5.41) is 0. The molecule has 1 aromatic carbocycles. The lowest BCUT2D eigenvalue weighted by atomic mass is 10.0. The molecule has 0 N–H and O–H groups in total. The standard InChI is InChI=1S/C18H24O2/c1-3-5-7-10-17(13-14-18(19)20-4-2)15-16-11-8-6-9-12-16/h6,8-9,11-15H,3-5,7,10H2,1-2H3/b14-13+,17-15+. The number of unbranched alkanes of at least 4 members (excludes halogenated alkanes) is 2. The monoisotopic (exact) mass is 272 g/mol. The molecule has 0 bridgehead atoms. The summed E-state index contributed by atoms with van der Waals surface area (Å²) < 4.78 is 4.92.